The van der Waals surface area contributed by atoms with Crippen molar-refractivity contribution in [3.63, 3.8) is 0 Å². The number of hydrogen-bond acceptors (Lipinski definition) is 3. The van der Waals surface area contributed by atoms with Gasteiger partial charge in [0.25, 0.3) is 5.56 Å². The van der Waals surface area contributed by atoms with Gasteiger partial charge in [0.1, 0.15) is 5.82 Å². The SMILES string of the molecule is O=c1[nH]c(=S)[nH]c2c1C(c1ccc(Br)cc1)C=C(c1ccccc1)N2. The molecule has 1 atom stereocenters. The van der Waals surface area contributed by atoms with Gasteiger partial charge in [-0.25, -0.2) is 0 Å². The van der Waals surface area contributed by atoms with Crippen LogP contribution in [0.5, 0.6) is 0 Å². The first kappa shape index (κ1) is 16.1. The highest BCUT2D eigenvalue weighted by Crippen LogP contribution is 2.36. The van der Waals surface area contributed by atoms with E-state index >= 15 is 0 Å². The van der Waals surface area contributed by atoms with Gasteiger partial charge in [-0.3, -0.25) is 9.78 Å². The lowest BCUT2D eigenvalue weighted by molar-refractivity contribution is 0.930. The van der Waals surface area contributed by atoms with Crippen LogP contribution >= 0.6 is 28.1 Å². The van der Waals surface area contributed by atoms with Crippen molar-refractivity contribution in [2.75, 3.05) is 5.32 Å². The van der Waals surface area contributed by atoms with Crippen LogP contribution in [0.25, 0.3) is 5.70 Å². The Morgan fingerprint density at radius 2 is 1.68 bits per heavy atom. The Labute approximate surface area is 157 Å². The summed E-state index contributed by atoms with van der Waals surface area (Å²) in [7, 11) is 0. The molecule has 0 bridgehead atoms. The minimum atomic E-state index is -0.178. The summed E-state index contributed by atoms with van der Waals surface area (Å²) in [5.41, 5.74) is 3.49. The summed E-state index contributed by atoms with van der Waals surface area (Å²) in [4.78, 5) is 18.3. The molecular formula is C19H14BrN3OS. The van der Waals surface area contributed by atoms with E-state index in [1.165, 1.54) is 0 Å². The zero-order valence-corrected chi connectivity index (χ0v) is 15.4. The van der Waals surface area contributed by atoms with E-state index in [4.69, 9.17) is 12.2 Å². The lowest BCUT2D eigenvalue weighted by Gasteiger charge is -2.25. The average Bonchev–Trinajstić information content (AvgIpc) is 2.62. The van der Waals surface area contributed by atoms with Crippen LogP contribution in [-0.4, -0.2) is 9.97 Å². The maximum Gasteiger partial charge on any atom is 0.257 e. The molecule has 1 aromatic heterocycles. The Bertz CT molecular complexity index is 1070. The summed E-state index contributed by atoms with van der Waals surface area (Å²) in [5, 5.41) is 3.32. The predicted octanol–water partition coefficient (Wildman–Crippen LogP) is 4.79. The number of allylic oxidation sites excluding steroid dienone is 1. The molecule has 0 aliphatic carbocycles. The Morgan fingerprint density at radius 1 is 0.960 bits per heavy atom. The number of nitrogens with one attached hydrogen (secondary N) is 3. The van der Waals surface area contributed by atoms with E-state index in [-0.39, 0.29) is 11.5 Å². The van der Waals surface area contributed by atoms with Crippen molar-refractivity contribution >= 4 is 39.7 Å². The fourth-order valence-corrected chi connectivity index (χ4v) is 3.50. The van der Waals surface area contributed by atoms with Crippen molar-refractivity contribution in [1.82, 2.24) is 9.97 Å². The molecule has 25 heavy (non-hydrogen) atoms. The minimum absolute atomic E-state index is 0.171. The summed E-state index contributed by atoms with van der Waals surface area (Å²) < 4.78 is 1.30. The average molecular weight is 412 g/mol. The molecule has 3 aromatic rings. The molecule has 2 aromatic carbocycles. The third kappa shape index (κ3) is 3.10. The number of halogens is 1. The number of aromatic amines is 2. The Morgan fingerprint density at radius 3 is 2.40 bits per heavy atom. The van der Waals surface area contributed by atoms with Crippen LogP contribution in [0.2, 0.25) is 0 Å². The topological polar surface area (TPSA) is 60.7 Å². The van der Waals surface area contributed by atoms with Gasteiger partial charge in [-0.2, -0.15) is 0 Å². The first-order valence-corrected chi connectivity index (χ1v) is 8.98. The molecule has 1 unspecified atom stereocenters. The zero-order chi connectivity index (χ0) is 17.4. The van der Waals surface area contributed by atoms with Crippen molar-refractivity contribution in [2.24, 2.45) is 0 Å². The molecule has 0 fully saturated rings. The van der Waals surface area contributed by atoms with Gasteiger partial charge in [-0.1, -0.05) is 58.4 Å². The summed E-state index contributed by atoms with van der Waals surface area (Å²) >= 11 is 8.59. The Hall–Kier alpha value is -2.44. The van der Waals surface area contributed by atoms with E-state index in [1.54, 1.807) is 0 Å². The summed E-state index contributed by atoms with van der Waals surface area (Å²) in [6.07, 6.45) is 2.08. The molecule has 124 valence electrons. The monoisotopic (exact) mass is 411 g/mol. The summed E-state index contributed by atoms with van der Waals surface area (Å²) in [6.45, 7) is 0. The van der Waals surface area contributed by atoms with E-state index in [9.17, 15) is 4.79 Å². The number of anilines is 1. The lowest BCUT2D eigenvalue weighted by Crippen LogP contribution is -2.24. The molecule has 0 saturated heterocycles. The van der Waals surface area contributed by atoms with Crippen molar-refractivity contribution in [1.29, 1.82) is 0 Å². The third-order valence-electron chi connectivity index (χ3n) is 4.20. The van der Waals surface area contributed by atoms with Crippen LogP contribution in [0.15, 0.2) is 69.9 Å². The van der Waals surface area contributed by atoms with Crippen molar-refractivity contribution < 1.29 is 0 Å². The number of H-pyrrole nitrogens is 2. The van der Waals surface area contributed by atoms with Gasteiger partial charge < -0.3 is 10.3 Å². The number of fused-ring (bicyclic) bond motifs is 1. The van der Waals surface area contributed by atoms with Gasteiger partial charge in [0.05, 0.1) is 5.56 Å². The van der Waals surface area contributed by atoms with Crippen LogP contribution < -0.4 is 10.9 Å². The first-order chi connectivity index (χ1) is 12.1. The second-order valence-corrected chi connectivity index (χ2v) is 7.12. The van der Waals surface area contributed by atoms with Crippen molar-refractivity contribution in [2.45, 2.75) is 5.92 Å². The van der Waals surface area contributed by atoms with E-state index < -0.39 is 0 Å². The third-order valence-corrected chi connectivity index (χ3v) is 4.93. The van der Waals surface area contributed by atoms with E-state index in [0.717, 1.165) is 21.3 Å². The van der Waals surface area contributed by atoms with Crippen molar-refractivity contribution in [3.05, 3.63) is 97.0 Å². The van der Waals surface area contributed by atoms with Crippen LogP contribution in [0.3, 0.4) is 0 Å². The van der Waals surface area contributed by atoms with E-state index in [1.807, 2.05) is 54.6 Å². The Kier molecular flexibility index (Phi) is 4.15. The Balaban J connectivity index is 1.93. The van der Waals surface area contributed by atoms with Gasteiger partial charge >= 0.3 is 0 Å². The van der Waals surface area contributed by atoms with E-state index in [0.29, 0.717) is 16.2 Å². The molecule has 6 heteroatoms. The molecule has 1 aliphatic heterocycles. The quantitative estimate of drug-likeness (QED) is 0.531. The molecule has 2 heterocycles. The molecule has 3 N–H and O–H groups in total. The number of aromatic nitrogens is 2. The molecule has 1 aliphatic rings. The van der Waals surface area contributed by atoms with Crippen LogP contribution in [0.4, 0.5) is 5.82 Å². The second kappa shape index (κ2) is 6.46. The van der Waals surface area contributed by atoms with Crippen LogP contribution in [-0.2, 0) is 0 Å². The highest BCUT2D eigenvalue weighted by molar-refractivity contribution is 9.10. The van der Waals surface area contributed by atoms with Gasteiger partial charge in [-0.15, -0.1) is 0 Å². The van der Waals surface area contributed by atoms with Gasteiger partial charge in [0, 0.05) is 16.1 Å². The molecule has 0 amide bonds. The number of hydrogen-bond donors (Lipinski definition) is 3. The van der Waals surface area contributed by atoms with Gasteiger partial charge in [0.15, 0.2) is 4.77 Å². The maximum atomic E-state index is 12.6. The van der Waals surface area contributed by atoms with Crippen molar-refractivity contribution in [3.8, 4) is 0 Å². The smallest absolute Gasteiger partial charge is 0.257 e. The highest BCUT2D eigenvalue weighted by atomic mass is 79.9. The van der Waals surface area contributed by atoms with Crippen LogP contribution in [0.1, 0.15) is 22.6 Å². The maximum absolute atomic E-state index is 12.6. The largest absolute Gasteiger partial charge is 0.341 e. The molecule has 0 saturated carbocycles. The van der Waals surface area contributed by atoms with Gasteiger partial charge in [0.2, 0.25) is 0 Å². The minimum Gasteiger partial charge on any atom is -0.341 e. The predicted molar refractivity (Wildman–Crippen MR) is 106 cm³/mol. The zero-order valence-electron chi connectivity index (χ0n) is 13.0. The molecular weight excluding hydrogens is 398 g/mol. The first-order valence-electron chi connectivity index (χ1n) is 7.78. The van der Waals surface area contributed by atoms with Crippen LogP contribution in [0, 0.1) is 4.77 Å². The summed E-state index contributed by atoms with van der Waals surface area (Å²) in [6, 6.07) is 18.0. The number of rotatable bonds is 2. The molecule has 4 nitrogen and oxygen atoms in total. The molecule has 4 rings (SSSR count). The summed E-state index contributed by atoms with van der Waals surface area (Å²) in [5.74, 6) is 0.471. The normalized spacial score (nSPS) is 15.9. The van der Waals surface area contributed by atoms with E-state index in [2.05, 4.69) is 37.3 Å². The fraction of sp³-hybridized carbons (Fsp3) is 0.0526. The highest BCUT2D eigenvalue weighted by Gasteiger charge is 2.26. The standard InChI is InChI=1S/C19H14BrN3OS/c20-13-8-6-11(7-9-13)14-10-15(12-4-2-1-3-5-12)21-17-16(14)18(24)23-19(25)22-17/h1-10,14H,(H3,21,22,23,24,25). The van der Waals surface area contributed by atoms with Gasteiger partial charge in [-0.05, 0) is 41.6 Å². The second-order valence-electron chi connectivity index (χ2n) is 5.80. The molecule has 0 spiro atoms. The molecule has 0 radical (unpaired) electrons. The fourth-order valence-electron chi connectivity index (χ4n) is 3.04. The number of benzene rings is 2. The lowest BCUT2D eigenvalue weighted by atomic mass is 9.88.